The van der Waals surface area contributed by atoms with Crippen LogP contribution in [0.3, 0.4) is 0 Å². The Balaban J connectivity index is 1.87. The molecule has 1 amide bonds. The Hall–Kier alpha value is -2.75. The van der Waals surface area contributed by atoms with Crippen LogP contribution in [0.5, 0.6) is 5.75 Å². The smallest absolute Gasteiger partial charge is 0.270 e. The summed E-state index contributed by atoms with van der Waals surface area (Å²) in [6.07, 6.45) is 4.69. The van der Waals surface area contributed by atoms with E-state index in [0.717, 1.165) is 29.0 Å². The van der Waals surface area contributed by atoms with Crippen LogP contribution in [0.1, 0.15) is 21.5 Å². The second-order valence-corrected chi connectivity index (χ2v) is 5.23. The average molecular weight is 294 g/mol. The van der Waals surface area contributed by atoms with Gasteiger partial charge in [-0.1, -0.05) is 35.9 Å². The van der Waals surface area contributed by atoms with Gasteiger partial charge in [-0.2, -0.15) is 0 Å². The fraction of sp³-hybridized carbons (Fsp3) is 0.167. The van der Waals surface area contributed by atoms with Crippen molar-refractivity contribution >= 4 is 11.6 Å². The van der Waals surface area contributed by atoms with Gasteiger partial charge in [0, 0.05) is 11.8 Å². The van der Waals surface area contributed by atoms with Gasteiger partial charge in [0.25, 0.3) is 5.91 Å². The highest BCUT2D eigenvalue weighted by atomic mass is 16.5. The molecule has 0 unspecified atom stereocenters. The number of aryl methyl sites for hydroxylation is 1. The summed E-state index contributed by atoms with van der Waals surface area (Å²) in [7, 11) is 1.63. The second-order valence-electron chi connectivity index (χ2n) is 5.23. The Bertz CT molecular complexity index is 720. The van der Waals surface area contributed by atoms with Crippen molar-refractivity contribution in [2.45, 2.75) is 13.3 Å². The summed E-state index contributed by atoms with van der Waals surface area (Å²) in [6, 6.07) is 13.4. The van der Waals surface area contributed by atoms with E-state index in [1.54, 1.807) is 12.1 Å². The molecule has 3 rings (SSSR count). The first-order chi connectivity index (χ1) is 10.7. The van der Waals surface area contributed by atoms with E-state index in [-0.39, 0.29) is 5.91 Å². The van der Waals surface area contributed by atoms with E-state index in [1.807, 2.05) is 61.7 Å². The SMILES string of the molecule is COc1cccc2c1N(NC(=O)c1ccc(C)cc1)C=CC2. The molecule has 4 heteroatoms. The molecule has 1 N–H and O–H groups in total. The van der Waals surface area contributed by atoms with E-state index in [4.69, 9.17) is 4.74 Å². The van der Waals surface area contributed by atoms with E-state index in [0.29, 0.717) is 5.56 Å². The van der Waals surface area contributed by atoms with Crippen LogP contribution in [-0.4, -0.2) is 13.0 Å². The fourth-order valence-corrected chi connectivity index (χ4v) is 2.50. The van der Waals surface area contributed by atoms with Crippen molar-refractivity contribution in [3.05, 3.63) is 71.4 Å². The molecule has 1 aliphatic heterocycles. The zero-order valence-electron chi connectivity index (χ0n) is 12.7. The van der Waals surface area contributed by atoms with Crippen molar-refractivity contribution in [2.24, 2.45) is 0 Å². The van der Waals surface area contributed by atoms with Crippen molar-refractivity contribution in [3.63, 3.8) is 0 Å². The number of hydrogen-bond donors (Lipinski definition) is 1. The van der Waals surface area contributed by atoms with Gasteiger partial charge in [0.15, 0.2) is 0 Å². The molecule has 0 aliphatic carbocycles. The van der Waals surface area contributed by atoms with Crippen molar-refractivity contribution in [2.75, 3.05) is 12.1 Å². The molecule has 0 fully saturated rings. The van der Waals surface area contributed by atoms with Gasteiger partial charge >= 0.3 is 0 Å². The molecule has 0 saturated carbocycles. The number of nitrogens with one attached hydrogen (secondary N) is 1. The lowest BCUT2D eigenvalue weighted by molar-refractivity contribution is 0.0953. The van der Waals surface area contributed by atoms with Gasteiger partial charge in [0.1, 0.15) is 11.4 Å². The lowest BCUT2D eigenvalue weighted by atomic mass is 10.1. The first-order valence-electron chi connectivity index (χ1n) is 7.18. The van der Waals surface area contributed by atoms with E-state index in [1.165, 1.54) is 0 Å². The van der Waals surface area contributed by atoms with Gasteiger partial charge < -0.3 is 4.74 Å². The van der Waals surface area contributed by atoms with Crippen molar-refractivity contribution in [1.82, 2.24) is 5.43 Å². The molecule has 0 radical (unpaired) electrons. The summed E-state index contributed by atoms with van der Waals surface area (Å²) in [6.45, 7) is 2.00. The Morgan fingerprint density at radius 2 is 1.95 bits per heavy atom. The van der Waals surface area contributed by atoms with E-state index < -0.39 is 0 Å². The fourth-order valence-electron chi connectivity index (χ4n) is 2.50. The summed E-state index contributed by atoms with van der Waals surface area (Å²) in [5.41, 5.74) is 6.66. The molecule has 2 aromatic carbocycles. The maximum absolute atomic E-state index is 12.4. The number of rotatable bonds is 3. The standard InChI is InChI=1S/C18H18N2O2/c1-13-8-10-15(11-9-13)18(21)19-20-12-4-6-14-5-3-7-16(22-2)17(14)20/h3-5,7-12H,6H2,1-2H3,(H,19,21). The second kappa shape index (κ2) is 5.93. The number of carbonyl (C=O) groups excluding carboxylic acids is 1. The summed E-state index contributed by atoms with van der Waals surface area (Å²) in [5, 5.41) is 1.72. The molecule has 112 valence electrons. The highest BCUT2D eigenvalue weighted by Crippen LogP contribution is 2.34. The van der Waals surface area contributed by atoms with E-state index in [9.17, 15) is 4.79 Å². The molecule has 0 spiro atoms. The van der Waals surface area contributed by atoms with Gasteiger partial charge in [0.05, 0.1) is 7.11 Å². The Morgan fingerprint density at radius 1 is 1.18 bits per heavy atom. The first kappa shape index (κ1) is 14.2. The maximum atomic E-state index is 12.4. The predicted molar refractivity (Wildman–Crippen MR) is 87.0 cm³/mol. The molecule has 0 bridgehead atoms. The van der Waals surface area contributed by atoms with Gasteiger partial charge in [0.2, 0.25) is 0 Å². The molecular weight excluding hydrogens is 276 g/mol. The minimum atomic E-state index is -0.150. The largest absolute Gasteiger partial charge is 0.494 e. The number of methoxy groups -OCH3 is 1. The molecule has 2 aromatic rings. The number of fused-ring (bicyclic) bond motifs is 1. The maximum Gasteiger partial charge on any atom is 0.270 e. The van der Waals surface area contributed by atoms with Crippen LogP contribution >= 0.6 is 0 Å². The Kier molecular flexibility index (Phi) is 3.83. The Morgan fingerprint density at radius 3 is 2.68 bits per heavy atom. The summed E-state index contributed by atoms with van der Waals surface area (Å²) in [4.78, 5) is 12.4. The van der Waals surface area contributed by atoms with Crippen LogP contribution in [0.15, 0.2) is 54.7 Å². The summed E-state index contributed by atoms with van der Waals surface area (Å²) in [5.74, 6) is 0.592. The van der Waals surface area contributed by atoms with Gasteiger partial charge in [-0.3, -0.25) is 15.2 Å². The lowest BCUT2D eigenvalue weighted by Crippen LogP contribution is -2.40. The third-order valence-corrected chi connectivity index (χ3v) is 3.67. The van der Waals surface area contributed by atoms with Crippen LogP contribution in [-0.2, 0) is 6.42 Å². The molecule has 0 atom stereocenters. The van der Waals surface area contributed by atoms with Crippen molar-refractivity contribution < 1.29 is 9.53 Å². The number of hydrogen-bond acceptors (Lipinski definition) is 3. The van der Waals surface area contributed by atoms with Crippen LogP contribution in [0.25, 0.3) is 0 Å². The molecule has 1 aliphatic rings. The number of anilines is 1. The number of ether oxygens (including phenoxy) is 1. The minimum absolute atomic E-state index is 0.150. The van der Waals surface area contributed by atoms with Crippen molar-refractivity contribution in [3.8, 4) is 5.75 Å². The molecular formula is C18H18N2O2. The molecule has 1 heterocycles. The number of allylic oxidation sites excluding steroid dienone is 1. The Labute approximate surface area is 130 Å². The minimum Gasteiger partial charge on any atom is -0.494 e. The van der Waals surface area contributed by atoms with Crippen LogP contribution in [0.2, 0.25) is 0 Å². The number of benzene rings is 2. The number of carbonyl (C=O) groups is 1. The van der Waals surface area contributed by atoms with Crippen LogP contribution < -0.4 is 15.2 Å². The zero-order chi connectivity index (χ0) is 15.5. The number of hydrazine groups is 1. The van der Waals surface area contributed by atoms with E-state index in [2.05, 4.69) is 5.43 Å². The zero-order valence-corrected chi connectivity index (χ0v) is 12.7. The topological polar surface area (TPSA) is 41.6 Å². The molecule has 22 heavy (non-hydrogen) atoms. The molecule has 0 saturated heterocycles. The van der Waals surface area contributed by atoms with Crippen molar-refractivity contribution in [1.29, 1.82) is 0 Å². The van der Waals surface area contributed by atoms with Gasteiger partial charge in [-0.15, -0.1) is 0 Å². The molecule has 4 nitrogen and oxygen atoms in total. The predicted octanol–water partition coefficient (Wildman–Crippen LogP) is 3.22. The summed E-state index contributed by atoms with van der Waals surface area (Å²) >= 11 is 0. The quantitative estimate of drug-likeness (QED) is 0.945. The average Bonchev–Trinajstić information content (AvgIpc) is 2.55. The monoisotopic (exact) mass is 294 g/mol. The number of para-hydroxylation sites is 1. The third-order valence-electron chi connectivity index (χ3n) is 3.67. The van der Waals surface area contributed by atoms with Gasteiger partial charge in [-0.05, 0) is 37.1 Å². The van der Waals surface area contributed by atoms with E-state index >= 15 is 0 Å². The summed E-state index contributed by atoms with van der Waals surface area (Å²) < 4.78 is 5.42. The lowest BCUT2D eigenvalue weighted by Gasteiger charge is -2.28. The van der Waals surface area contributed by atoms with Crippen LogP contribution in [0, 0.1) is 6.92 Å². The highest BCUT2D eigenvalue weighted by Gasteiger charge is 2.19. The normalized spacial score (nSPS) is 12.7. The number of amides is 1. The third kappa shape index (κ3) is 2.68. The first-order valence-corrected chi connectivity index (χ1v) is 7.18. The van der Waals surface area contributed by atoms with Crippen LogP contribution in [0.4, 0.5) is 5.69 Å². The number of nitrogens with zero attached hydrogens (tertiary/aromatic N) is 1. The van der Waals surface area contributed by atoms with Gasteiger partial charge in [-0.25, -0.2) is 0 Å². The highest BCUT2D eigenvalue weighted by molar-refractivity contribution is 5.95. The molecule has 0 aromatic heterocycles.